The number of benzene rings is 2. The van der Waals surface area contributed by atoms with Gasteiger partial charge in [0.25, 0.3) is 0 Å². The molecule has 0 fully saturated rings. The predicted molar refractivity (Wildman–Crippen MR) is 93.8 cm³/mol. The van der Waals surface area contributed by atoms with Gasteiger partial charge in [-0.25, -0.2) is 0 Å². The van der Waals surface area contributed by atoms with E-state index in [1.807, 2.05) is 49.5 Å². The summed E-state index contributed by atoms with van der Waals surface area (Å²) in [6, 6.07) is 14.1. The minimum atomic E-state index is 0.106. The molecule has 1 atom stereocenters. The maximum atomic E-state index is 12.6. The van der Waals surface area contributed by atoms with Gasteiger partial charge in [-0.2, -0.15) is 0 Å². The van der Waals surface area contributed by atoms with Crippen molar-refractivity contribution in [2.24, 2.45) is 0 Å². The van der Waals surface area contributed by atoms with E-state index < -0.39 is 0 Å². The monoisotopic (exact) mass is 313 g/mol. The SMILES string of the molecule is CNC(C)COCc1ccc2sc3ccccc3c(=O)c2c1. The largest absolute Gasteiger partial charge is 0.375 e. The highest BCUT2D eigenvalue weighted by Crippen LogP contribution is 2.25. The van der Waals surface area contributed by atoms with Crippen molar-refractivity contribution in [2.45, 2.75) is 19.6 Å². The molecule has 2 aromatic carbocycles. The van der Waals surface area contributed by atoms with Crippen LogP contribution >= 0.6 is 11.3 Å². The van der Waals surface area contributed by atoms with Crippen molar-refractivity contribution >= 4 is 31.5 Å². The number of rotatable bonds is 5. The molecule has 1 unspecified atom stereocenters. The lowest BCUT2D eigenvalue weighted by molar-refractivity contribution is 0.105. The van der Waals surface area contributed by atoms with Crippen molar-refractivity contribution in [1.82, 2.24) is 5.32 Å². The Balaban J connectivity index is 1.94. The van der Waals surface area contributed by atoms with E-state index in [0.717, 1.165) is 25.7 Å². The molecule has 1 aromatic heterocycles. The molecule has 3 nitrogen and oxygen atoms in total. The zero-order valence-electron chi connectivity index (χ0n) is 12.8. The first kappa shape index (κ1) is 15.2. The Morgan fingerprint density at radius 3 is 2.73 bits per heavy atom. The van der Waals surface area contributed by atoms with Gasteiger partial charge in [0.05, 0.1) is 13.2 Å². The number of ether oxygens (including phenoxy) is 1. The summed E-state index contributed by atoms with van der Waals surface area (Å²) in [5.74, 6) is 0. The lowest BCUT2D eigenvalue weighted by Crippen LogP contribution is -2.26. The van der Waals surface area contributed by atoms with Gasteiger partial charge in [-0.05, 0) is 43.8 Å². The number of nitrogens with one attached hydrogen (secondary N) is 1. The summed E-state index contributed by atoms with van der Waals surface area (Å²) in [6.45, 7) is 3.25. The van der Waals surface area contributed by atoms with Crippen LogP contribution < -0.4 is 10.7 Å². The Morgan fingerprint density at radius 2 is 1.91 bits per heavy atom. The molecule has 0 spiro atoms. The minimum absolute atomic E-state index is 0.106. The summed E-state index contributed by atoms with van der Waals surface area (Å²) in [4.78, 5) is 12.6. The van der Waals surface area contributed by atoms with Gasteiger partial charge in [0.1, 0.15) is 0 Å². The summed E-state index contributed by atoms with van der Waals surface area (Å²) < 4.78 is 7.75. The summed E-state index contributed by atoms with van der Waals surface area (Å²) in [7, 11) is 1.92. The zero-order valence-corrected chi connectivity index (χ0v) is 13.6. The summed E-state index contributed by atoms with van der Waals surface area (Å²) >= 11 is 1.66. The fourth-order valence-electron chi connectivity index (χ4n) is 2.38. The summed E-state index contributed by atoms with van der Waals surface area (Å²) in [5.41, 5.74) is 1.14. The van der Waals surface area contributed by atoms with E-state index in [2.05, 4.69) is 12.2 Å². The molecule has 4 heteroatoms. The molecule has 0 amide bonds. The molecule has 0 saturated heterocycles. The molecule has 3 rings (SSSR count). The quantitative estimate of drug-likeness (QED) is 0.732. The van der Waals surface area contributed by atoms with Crippen LogP contribution in [0.2, 0.25) is 0 Å². The average molecular weight is 313 g/mol. The van der Waals surface area contributed by atoms with Gasteiger partial charge in [0, 0.05) is 26.2 Å². The maximum absolute atomic E-state index is 12.6. The number of hydrogen-bond acceptors (Lipinski definition) is 4. The zero-order chi connectivity index (χ0) is 15.5. The highest BCUT2D eigenvalue weighted by Gasteiger charge is 2.07. The van der Waals surface area contributed by atoms with Crippen molar-refractivity contribution in [3.63, 3.8) is 0 Å². The van der Waals surface area contributed by atoms with Crippen LogP contribution in [0.25, 0.3) is 20.2 Å². The topological polar surface area (TPSA) is 38.3 Å². The van der Waals surface area contributed by atoms with Crippen LogP contribution in [-0.2, 0) is 11.3 Å². The number of hydrogen-bond donors (Lipinski definition) is 1. The van der Waals surface area contributed by atoms with E-state index in [0.29, 0.717) is 19.3 Å². The Hall–Kier alpha value is -1.75. The lowest BCUT2D eigenvalue weighted by Gasteiger charge is -2.11. The van der Waals surface area contributed by atoms with Crippen LogP contribution in [-0.4, -0.2) is 19.7 Å². The van der Waals surface area contributed by atoms with Crippen LogP contribution in [0.4, 0.5) is 0 Å². The van der Waals surface area contributed by atoms with Crippen molar-refractivity contribution in [2.75, 3.05) is 13.7 Å². The molecule has 0 radical (unpaired) electrons. The second-order valence-electron chi connectivity index (χ2n) is 5.46. The van der Waals surface area contributed by atoms with Gasteiger partial charge in [0.15, 0.2) is 5.43 Å². The van der Waals surface area contributed by atoms with E-state index in [1.54, 1.807) is 11.3 Å². The molecule has 1 N–H and O–H groups in total. The highest BCUT2D eigenvalue weighted by atomic mass is 32.1. The van der Waals surface area contributed by atoms with E-state index in [1.165, 1.54) is 0 Å². The molecule has 0 aliphatic carbocycles. The Labute approximate surface area is 133 Å². The van der Waals surface area contributed by atoms with Gasteiger partial charge in [-0.1, -0.05) is 18.2 Å². The molecule has 1 heterocycles. The number of likely N-dealkylation sites (N-methyl/N-ethyl adjacent to an activating group) is 1. The lowest BCUT2D eigenvalue weighted by atomic mass is 10.1. The normalized spacial score (nSPS) is 12.8. The van der Waals surface area contributed by atoms with Crippen LogP contribution in [0.15, 0.2) is 47.3 Å². The second kappa shape index (κ2) is 6.57. The molecule has 0 saturated carbocycles. The number of fused-ring (bicyclic) bond motifs is 2. The smallest absolute Gasteiger partial charge is 0.195 e. The minimum Gasteiger partial charge on any atom is -0.375 e. The first-order chi connectivity index (χ1) is 10.7. The third-order valence-corrected chi connectivity index (χ3v) is 4.92. The molecule has 0 bridgehead atoms. The van der Waals surface area contributed by atoms with E-state index in [4.69, 9.17) is 4.74 Å². The highest BCUT2D eigenvalue weighted by molar-refractivity contribution is 7.24. The first-order valence-corrected chi connectivity index (χ1v) is 8.20. The van der Waals surface area contributed by atoms with E-state index in [9.17, 15) is 4.79 Å². The molecule has 3 aromatic rings. The molecule has 0 aliphatic rings. The van der Waals surface area contributed by atoms with Crippen molar-refractivity contribution in [3.05, 3.63) is 58.3 Å². The van der Waals surface area contributed by atoms with Crippen molar-refractivity contribution in [3.8, 4) is 0 Å². The Bertz CT molecular complexity index is 856. The average Bonchev–Trinajstić information content (AvgIpc) is 2.55. The Morgan fingerprint density at radius 1 is 1.14 bits per heavy atom. The third kappa shape index (κ3) is 3.04. The van der Waals surface area contributed by atoms with Gasteiger partial charge in [0.2, 0.25) is 0 Å². The fraction of sp³-hybridized carbons (Fsp3) is 0.278. The van der Waals surface area contributed by atoms with Crippen molar-refractivity contribution in [1.29, 1.82) is 0 Å². The molecule has 0 aliphatic heterocycles. The van der Waals surface area contributed by atoms with Gasteiger partial charge < -0.3 is 10.1 Å². The van der Waals surface area contributed by atoms with Crippen LogP contribution in [0.1, 0.15) is 12.5 Å². The van der Waals surface area contributed by atoms with E-state index >= 15 is 0 Å². The first-order valence-electron chi connectivity index (χ1n) is 7.38. The second-order valence-corrected chi connectivity index (χ2v) is 6.55. The van der Waals surface area contributed by atoms with Crippen LogP contribution in [0.3, 0.4) is 0 Å². The van der Waals surface area contributed by atoms with Crippen LogP contribution in [0, 0.1) is 0 Å². The molecular formula is C18H19NO2S. The van der Waals surface area contributed by atoms with Crippen molar-refractivity contribution < 1.29 is 4.74 Å². The van der Waals surface area contributed by atoms with Gasteiger partial charge in [-0.15, -0.1) is 11.3 Å². The Kier molecular flexibility index (Phi) is 4.52. The van der Waals surface area contributed by atoms with E-state index in [-0.39, 0.29) is 5.43 Å². The third-order valence-electron chi connectivity index (χ3n) is 3.77. The van der Waals surface area contributed by atoms with Crippen LogP contribution in [0.5, 0.6) is 0 Å². The summed E-state index contributed by atoms with van der Waals surface area (Å²) in [6.07, 6.45) is 0. The van der Waals surface area contributed by atoms with Gasteiger partial charge in [-0.3, -0.25) is 4.79 Å². The fourth-order valence-corrected chi connectivity index (χ4v) is 3.43. The summed E-state index contributed by atoms with van der Waals surface area (Å²) in [5, 5.41) is 4.71. The predicted octanol–water partition coefficient (Wildman–Crippen LogP) is 3.54. The molecule has 114 valence electrons. The standard InChI is InChI=1S/C18H19NO2S/c1-12(19-2)10-21-11-13-7-8-17-15(9-13)18(20)14-5-3-4-6-16(14)22-17/h3-9,12,19H,10-11H2,1-2H3. The molecule has 22 heavy (non-hydrogen) atoms. The maximum Gasteiger partial charge on any atom is 0.195 e. The van der Waals surface area contributed by atoms with Gasteiger partial charge >= 0.3 is 0 Å². The molecular weight excluding hydrogens is 294 g/mol.